The summed E-state index contributed by atoms with van der Waals surface area (Å²) in [5.74, 6) is 1.64. The minimum absolute atomic E-state index is 0.370. The van der Waals surface area contributed by atoms with Gasteiger partial charge in [-0.05, 0) is 17.7 Å². The summed E-state index contributed by atoms with van der Waals surface area (Å²) in [7, 11) is 0. The van der Waals surface area contributed by atoms with Crippen molar-refractivity contribution in [2.75, 3.05) is 12.4 Å². The van der Waals surface area contributed by atoms with Crippen LogP contribution in [0.25, 0.3) is 0 Å². The highest BCUT2D eigenvalue weighted by molar-refractivity contribution is 8.00. The van der Waals surface area contributed by atoms with Gasteiger partial charge in [0.15, 0.2) is 0 Å². The summed E-state index contributed by atoms with van der Waals surface area (Å²) in [5, 5.41) is 5.29. The molecule has 1 saturated heterocycles. The van der Waals surface area contributed by atoms with E-state index < -0.39 is 0 Å². The minimum atomic E-state index is 0.370. The van der Waals surface area contributed by atoms with Crippen molar-refractivity contribution in [3.63, 3.8) is 0 Å². The molecule has 0 bridgehead atoms. The molecule has 2 aliphatic heterocycles. The number of rotatable bonds is 1. The lowest BCUT2D eigenvalue weighted by atomic mass is 10.00. The molecule has 15 heavy (non-hydrogen) atoms. The fourth-order valence-corrected chi connectivity index (χ4v) is 3.53. The fraction of sp³-hybridized carbons (Fsp3) is 0.364. The Bertz CT molecular complexity index is 404. The molecule has 2 atom stereocenters. The quantitative estimate of drug-likeness (QED) is 0.751. The highest BCUT2D eigenvalue weighted by atomic mass is 35.5. The minimum Gasteiger partial charge on any atom is -0.395 e. The highest BCUT2D eigenvalue weighted by Crippen LogP contribution is 2.43. The van der Waals surface area contributed by atoms with Gasteiger partial charge >= 0.3 is 0 Å². The molecule has 0 radical (unpaired) electrons. The van der Waals surface area contributed by atoms with Crippen molar-refractivity contribution >= 4 is 29.1 Å². The van der Waals surface area contributed by atoms with Crippen molar-refractivity contribution < 1.29 is 4.84 Å². The molecular weight excluding hydrogens is 230 g/mol. The Morgan fingerprint density at radius 1 is 1.33 bits per heavy atom. The molecule has 0 N–H and O–H groups in total. The maximum absolute atomic E-state index is 5.87. The van der Waals surface area contributed by atoms with Crippen molar-refractivity contribution in [2.24, 2.45) is 11.1 Å². The number of oxime groups is 1. The normalized spacial score (nSPS) is 28.5. The lowest BCUT2D eigenvalue weighted by Crippen LogP contribution is -2.11. The molecule has 4 heteroatoms. The van der Waals surface area contributed by atoms with Crippen LogP contribution in [0, 0.1) is 5.92 Å². The third kappa shape index (κ3) is 1.64. The Morgan fingerprint density at radius 2 is 2.13 bits per heavy atom. The van der Waals surface area contributed by atoms with Crippen LogP contribution in [0.15, 0.2) is 29.4 Å². The molecule has 0 amide bonds. The van der Waals surface area contributed by atoms with Crippen LogP contribution in [0.4, 0.5) is 0 Å². The Morgan fingerprint density at radius 3 is 2.93 bits per heavy atom. The third-order valence-electron chi connectivity index (χ3n) is 2.77. The van der Waals surface area contributed by atoms with Gasteiger partial charge in [-0.2, -0.15) is 0 Å². The topological polar surface area (TPSA) is 21.6 Å². The summed E-state index contributed by atoms with van der Waals surface area (Å²) >= 11 is 7.81. The summed E-state index contributed by atoms with van der Waals surface area (Å²) < 4.78 is 0. The first-order chi connectivity index (χ1) is 7.34. The van der Waals surface area contributed by atoms with E-state index in [1.54, 1.807) is 0 Å². The predicted octanol–water partition coefficient (Wildman–Crippen LogP) is 3.13. The number of hydrogen-bond donors (Lipinski definition) is 0. The van der Waals surface area contributed by atoms with Gasteiger partial charge in [0, 0.05) is 16.7 Å². The number of halogens is 1. The SMILES string of the molecule is Clc1ccc(C2SCC3CON=C32)cc1. The lowest BCUT2D eigenvalue weighted by Gasteiger charge is -2.08. The van der Waals surface area contributed by atoms with E-state index in [9.17, 15) is 0 Å². The van der Waals surface area contributed by atoms with E-state index in [2.05, 4.69) is 17.3 Å². The average molecular weight is 240 g/mol. The Balaban J connectivity index is 1.91. The maximum atomic E-state index is 5.87. The average Bonchev–Trinajstić information content (AvgIpc) is 2.80. The van der Waals surface area contributed by atoms with Gasteiger partial charge in [0.25, 0.3) is 0 Å². The zero-order chi connectivity index (χ0) is 10.3. The van der Waals surface area contributed by atoms with Crippen molar-refractivity contribution in [1.82, 2.24) is 0 Å². The molecule has 0 aromatic heterocycles. The van der Waals surface area contributed by atoms with Gasteiger partial charge in [-0.3, -0.25) is 0 Å². The van der Waals surface area contributed by atoms with Crippen LogP contribution in [0.5, 0.6) is 0 Å². The monoisotopic (exact) mass is 239 g/mol. The molecular formula is C11H10ClNOS. The summed E-state index contributed by atoms with van der Waals surface area (Å²) in [6, 6.07) is 8.01. The molecule has 0 spiro atoms. The molecule has 1 aromatic carbocycles. The van der Waals surface area contributed by atoms with Crippen molar-refractivity contribution in [3.05, 3.63) is 34.9 Å². The van der Waals surface area contributed by atoms with Gasteiger partial charge in [0.2, 0.25) is 0 Å². The highest BCUT2D eigenvalue weighted by Gasteiger charge is 2.37. The molecule has 3 rings (SSSR count). The summed E-state index contributed by atoms with van der Waals surface area (Å²) in [5.41, 5.74) is 2.47. The number of nitrogens with zero attached hydrogens (tertiary/aromatic N) is 1. The first-order valence-electron chi connectivity index (χ1n) is 4.91. The molecule has 1 fully saturated rings. The summed E-state index contributed by atoms with van der Waals surface area (Å²) in [6.07, 6.45) is 0. The number of hydrogen-bond acceptors (Lipinski definition) is 3. The van der Waals surface area contributed by atoms with Crippen LogP contribution in [0.1, 0.15) is 10.8 Å². The van der Waals surface area contributed by atoms with E-state index in [-0.39, 0.29) is 0 Å². The van der Waals surface area contributed by atoms with Gasteiger partial charge in [-0.15, -0.1) is 11.8 Å². The summed E-state index contributed by atoms with van der Waals surface area (Å²) in [6.45, 7) is 0.756. The number of benzene rings is 1. The zero-order valence-electron chi connectivity index (χ0n) is 8.02. The molecule has 78 valence electrons. The standard InChI is InChI=1S/C11H10ClNOS/c12-9-3-1-7(2-4-9)11-10-8(6-15-11)5-14-13-10/h1-4,8,11H,5-6H2. The van der Waals surface area contributed by atoms with Crippen LogP contribution < -0.4 is 0 Å². The largest absolute Gasteiger partial charge is 0.395 e. The van der Waals surface area contributed by atoms with Crippen LogP contribution in [0.2, 0.25) is 5.02 Å². The smallest absolute Gasteiger partial charge is 0.126 e. The van der Waals surface area contributed by atoms with E-state index in [1.165, 1.54) is 11.3 Å². The first kappa shape index (κ1) is 9.55. The van der Waals surface area contributed by atoms with Crippen molar-refractivity contribution in [3.8, 4) is 0 Å². The molecule has 2 nitrogen and oxygen atoms in total. The van der Waals surface area contributed by atoms with E-state index in [0.29, 0.717) is 11.2 Å². The second kappa shape index (κ2) is 3.72. The van der Waals surface area contributed by atoms with Gasteiger partial charge in [0.1, 0.15) is 6.61 Å². The first-order valence-corrected chi connectivity index (χ1v) is 6.34. The lowest BCUT2D eigenvalue weighted by molar-refractivity contribution is 0.158. The van der Waals surface area contributed by atoms with Crippen molar-refractivity contribution in [1.29, 1.82) is 0 Å². The Kier molecular flexibility index (Phi) is 2.37. The molecule has 0 aliphatic carbocycles. The van der Waals surface area contributed by atoms with E-state index in [1.807, 2.05) is 23.9 Å². The molecule has 2 aliphatic rings. The van der Waals surface area contributed by atoms with Gasteiger partial charge in [-0.25, -0.2) is 0 Å². The number of thioether (sulfide) groups is 1. The third-order valence-corrected chi connectivity index (χ3v) is 4.46. The Labute approximate surface area is 97.6 Å². The van der Waals surface area contributed by atoms with Gasteiger partial charge in [0.05, 0.1) is 11.0 Å². The van der Waals surface area contributed by atoms with Crippen LogP contribution in [-0.2, 0) is 4.84 Å². The van der Waals surface area contributed by atoms with Crippen LogP contribution in [0.3, 0.4) is 0 Å². The van der Waals surface area contributed by atoms with Gasteiger partial charge < -0.3 is 4.84 Å². The second-order valence-corrected chi connectivity index (χ2v) is 5.35. The fourth-order valence-electron chi connectivity index (χ4n) is 1.96. The molecule has 2 heterocycles. The Hall–Kier alpha value is -0.670. The number of fused-ring (bicyclic) bond motifs is 1. The van der Waals surface area contributed by atoms with Gasteiger partial charge in [-0.1, -0.05) is 28.9 Å². The summed E-state index contributed by atoms with van der Waals surface area (Å²) in [4.78, 5) is 5.14. The molecule has 0 saturated carbocycles. The van der Waals surface area contributed by atoms with E-state index in [0.717, 1.165) is 17.4 Å². The van der Waals surface area contributed by atoms with Crippen LogP contribution >= 0.6 is 23.4 Å². The molecule has 1 aromatic rings. The predicted molar refractivity (Wildman–Crippen MR) is 63.5 cm³/mol. The van der Waals surface area contributed by atoms with E-state index >= 15 is 0 Å². The molecule has 2 unspecified atom stereocenters. The van der Waals surface area contributed by atoms with Crippen LogP contribution in [-0.4, -0.2) is 18.1 Å². The van der Waals surface area contributed by atoms with E-state index in [4.69, 9.17) is 16.4 Å². The maximum Gasteiger partial charge on any atom is 0.126 e. The second-order valence-electron chi connectivity index (χ2n) is 3.77. The van der Waals surface area contributed by atoms with Crippen molar-refractivity contribution in [2.45, 2.75) is 5.25 Å². The zero-order valence-corrected chi connectivity index (χ0v) is 9.59.